The van der Waals surface area contributed by atoms with Gasteiger partial charge in [-0.05, 0) is 24.3 Å². The quantitative estimate of drug-likeness (QED) is 0.927. The number of nitrogens with zero attached hydrogens (tertiary/aromatic N) is 1. The van der Waals surface area contributed by atoms with Crippen molar-refractivity contribution in [2.45, 2.75) is 5.03 Å². The average Bonchev–Trinajstić information content (AvgIpc) is 2.26. The summed E-state index contributed by atoms with van der Waals surface area (Å²) in [4.78, 5) is 3.80. The van der Waals surface area contributed by atoms with Crippen LogP contribution in [0, 0.1) is 0 Å². The molecule has 0 unspecified atom stereocenters. The number of benzene rings is 1. The van der Waals surface area contributed by atoms with Gasteiger partial charge in [-0.15, -0.1) is 0 Å². The first-order valence-corrected chi connectivity index (χ1v) is 7.86. The van der Waals surface area contributed by atoms with Crippen LogP contribution in [-0.2, 0) is 9.84 Å². The molecular weight excluding hydrogens is 334 g/mol. The Labute approximate surface area is 118 Å². The molecule has 0 aliphatic rings. The van der Waals surface area contributed by atoms with Gasteiger partial charge < -0.3 is 9.84 Å². The molecule has 0 saturated carbocycles. The zero-order valence-corrected chi connectivity index (χ0v) is 12.3. The predicted octanol–water partition coefficient (Wildman–Crippen LogP) is 2.75. The van der Waals surface area contributed by atoms with Gasteiger partial charge in [0.1, 0.15) is 17.2 Å². The van der Waals surface area contributed by atoms with E-state index >= 15 is 0 Å². The maximum Gasteiger partial charge on any atom is 0.192 e. The molecule has 0 radical (unpaired) electrons. The van der Waals surface area contributed by atoms with Crippen LogP contribution >= 0.6 is 15.9 Å². The van der Waals surface area contributed by atoms with Crippen LogP contribution < -0.4 is 4.74 Å². The van der Waals surface area contributed by atoms with Gasteiger partial charge >= 0.3 is 0 Å². The van der Waals surface area contributed by atoms with Gasteiger partial charge in [0.2, 0.25) is 0 Å². The molecule has 19 heavy (non-hydrogen) atoms. The van der Waals surface area contributed by atoms with Crippen molar-refractivity contribution in [2.75, 3.05) is 6.26 Å². The minimum atomic E-state index is -3.32. The molecule has 2 rings (SSSR count). The fraction of sp³-hybridized carbons (Fsp3) is 0.0833. The summed E-state index contributed by atoms with van der Waals surface area (Å²) in [5, 5.41) is 9.40. The highest BCUT2D eigenvalue weighted by Crippen LogP contribution is 2.29. The van der Waals surface area contributed by atoms with E-state index in [-0.39, 0.29) is 10.8 Å². The summed E-state index contributed by atoms with van der Waals surface area (Å²) in [6, 6.07) is 7.50. The van der Waals surface area contributed by atoms with Gasteiger partial charge in [0.05, 0.1) is 6.20 Å². The molecule has 0 spiro atoms. The second-order valence-corrected chi connectivity index (χ2v) is 6.73. The number of halogens is 1. The fourth-order valence-electron chi connectivity index (χ4n) is 1.39. The van der Waals surface area contributed by atoms with E-state index in [9.17, 15) is 13.5 Å². The van der Waals surface area contributed by atoms with Crippen molar-refractivity contribution in [3.63, 3.8) is 0 Å². The Morgan fingerprint density at radius 2 is 1.95 bits per heavy atom. The number of rotatable bonds is 3. The van der Waals surface area contributed by atoms with E-state index in [1.165, 1.54) is 30.5 Å². The fourth-order valence-corrected chi connectivity index (χ4v) is 2.41. The molecule has 0 atom stereocenters. The zero-order chi connectivity index (χ0) is 14.0. The lowest BCUT2D eigenvalue weighted by Gasteiger charge is -2.06. The van der Waals surface area contributed by atoms with Crippen molar-refractivity contribution in [1.29, 1.82) is 0 Å². The van der Waals surface area contributed by atoms with Crippen molar-refractivity contribution in [3.05, 3.63) is 41.0 Å². The Kier molecular flexibility index (Phi) is 3.77. The minimum absolute atomic E-state index is 0.0167. The molecule has 7 heteroatoms. The van der Waals surface area contributed by atoms with Crippen LogP contribution in [0.2, 0.25) is 0 Å². The van der Waals surface area contributed by atoms with Gasteiger partial charge in [-0.2, -0.15) is 0 Å². The summed E-state index contributed by atoms with van der Waals surface area (Å²) in [6.45, 7) is 0. The minimum Gasteiger partial charge on any atom is -0.508 e. The number of hydrogen-bond donors (Lipinski definition) is 1. The summed E-state index contributed by atoms with van der Waals surface area (Å²) >= 11 is 3.23. The number of pyridine rings is 1. The first-order valence-electron chi connectivity index (χ1n) is 5.18. The van der Waals surface area contributed by atoms with Gasteiger partial charge in [0, 0.05) is 16.8 Å². The normalized spacial score (nSPS) is 11.3. The Balaban J connectivity index is 2.24. The summed E-state index contributed by atoms with van der Waals surface area (Å²) in [6.07, 6.45) is 2.40. The van der Waals surface area contributed by atoms with Crippen molar-refractivity contribution in [1.82, 2.24) is 4.98 Å². The van der Waals surface area contributed by atoms with E-state index in [2.05, 4.69) is 20.9 Å². The van der Waals surface area contributed by atoms with Crippen LogP contribution in [0.4, 0.5) is 0 Å². The molecule has 5 nitrogen and oxygen atoms in total. The highest BCUT2D eigenvalue weighted by Gasteiger charge is 2.09. The van der Waals surface area contributed by atoms with Crippen molar-refractivity contribution < 1.29 is 18.3 Å². The number of hydrogen-bond acceptors (Lipinski definition) is 5. The van der Waals surface area contributed by atoms with E-state index in [1.54, 1.807) is 6.07 Å². The maximum atomic E-state index is 11.2. The Morgan fingerprint density at radius 3 is 2.47 bits per heavy atom. The van der Waals surface area contributed by atoms with Crippen LogP contribution in [0.15, 0.2) is 46.0 Å². The number of aromatic nitrogens is 1. The number of phenolic OH excluding ortho intramolecular Hbond substituents is 1. The SMILES string of the molecule is CS(=O)(=O)c1ccc(Oc2cc(O)cc(Br)c2)cn1. The van der Waals surface area contributed by atoms with E-state index in [0.29, 0.717) is 16.0 Å². The number of sulfone groups is 1. The number of ether oxygens (including phenoxy) is 1. The molecule has 100 valence electrons. The lowest BCUT2D eigenvalue weighted by Crippen LogP contribution is -1.99. The third-order valence-electron chi connectivity index (χ3n) is 2.18. The first kappa shape index (κ1) is 13.8. The molecule has 0 aliphatic carbocycles. The topological polar surface area (TPSA) is 76.5 Å². The van der Waals surface area contributed by atoms with E-state index in [4.69, 9.17) is 4.74 Å². The summed E-state index contributed by atoms with van der Waals surface area (Å²) in [5.41, 5.74) is 0. The smallest absolute Gasteiger partial charge is 0.192 e. The molecule has 1 heterocycles. The van der Waals surface area contributed by atoms with Gasteiger partial charge in [-0.1, -0.05) is 15.9 Å². The Bertz CT molecular complexity index is 678. The van der Waals surface area contributed by atoms with Crippen molar-refractivity contribution in [3.8, 4) is 17.2 Å². The molecule has 0 bridgehead atoms. The molecule has 0 amide bonds. The molecule has 1 aromatic heterocycles. The third-order valence-corrected chi connectivity index (χ3v) is 3.64. The third kappa shape index (κ3) is 3.68. The van der Waals surface area contributed by atoms with Gasteiger partial charge in [-0.3, -0.25) is 0 Å². The van der Waals surface area contributed by atoms with E-state index in [1.807, 2.05) is 0 Å². The summed E-state index contributed by atoms with van der Waals surface area (Å²) in [5.74, 6) is 0.857. The largest absolute Gasteiger partial charge is 0.508 e. The van der Waals surface area contributed by atoms with Crippen LogP contribution in [0.1, 0.15) is 0 Å². The lowest BCUT2D eigenvalue weighted by atomic mass is 10.3. The average molecular weight is 344 g/mol. The Morgan fingerprint density at radius 1 is 1.21 bits per heavy atom. The van der Waals surface area contributed by atoms with Crippen LogP contribution in [0.3, 0.4) is 0 Å². The maximum absolute atomic E-state index is 11.2. The highest BCUT2D eigenvalue weighted by molar-refractivity contribution is 9.10. The predicted molar refractivity (Wildman–Crippen MR) is 73.2 cm³/mol. The molecule has 1 N–H and O–H groups in total. The molecule has 0 fully saturated rings. The van der Waals surface area contributed by atoms with Crippen LogP contribution in [0.25, 0.3) is 0 Å². The number of phenols is 1. The van der Waals surface area contributed by atoms with Crippen molar-refractivity contribution in [2.24, 2.45) is 0 Å². The van der Waals surface area contributed by atoms with E-state index < -0.39 is 9.84 Å². The first-order chi connectivity index (χ1) is 8.84. The number of aromatic hydroxyl groups is 1. The molecular formula is C12H10BrNO4S. The lowest BCUT2D eigenvalue weighted by molar-refractivity contribution is 0.453. The molecule has 0 saturated heterocycles. The van der Waals surface area contributed by atoms with Gasteiger partial charge in [0.15, 0.2) is 14.9 Å². The highest BCUT2D eigenvalue weighted by atomic mass is 79.9. The summed E-state index contributed by atoms with van der Waals surface area (Å²) < 4.78 is 28.6. The second-order valence-electron chi connectivity index (χ2n) is 3.85. The van der Waals surface area contributed by atoms with E-state index in [0.717, 1.165) is 6.26 Å². The monoisotopic (exact) mass is 343 g/mol. The van der Waals surface area contributed by atoms with Crippen LogP contribution in [-0.4, -0.2) is 24.8 Å². The van der Waals surface area contributed by atoms with Gasteiger partial charge in [-0.25, -0.2) is 13.4 Å². The standard InChI is InChI=1S/C12H10BrNO4S/c1-19(16,17)12-3-2-10(7-14-12)18-11-5-8(13)4-9(15)6-11/h2-7,15H,1H3. The van der Waals surface area contributed by atoms with Crippen molar-refractivity contribution >= 4 is 25.8 Å². The van der Waals surface area contributed by atoms with Crippen LogP contribution in [0.5, 0.6) is 17.2 Å². The summed E-state index contributed by atoms with van der Waals surface area (Å²) in [7, 11) is -3.32. The molecule has 2 aromatic rings. The second kappa shape index (κ2) is 5.18. The Hall–Kier alpha value is -1.60. The zero-order valence-electron chi connectivity index (χ0n) is 9.87. The molecule has 0 aliphatic heterocycles. The van der Waals surface area contributed by atoms with Gasteiger partial charge in [0.25, 0.3) is 0 Å². The molecule has 1 aromatic carbocycles.